The molecule has 102 valence electrons. The number of aliphatic hydroxyl groups excluding tert-OH is 1. The zero-order valence-corrected chi connectivity index (χ0v) is 12.6. The van der Waals surface area contributed by atoms with Gasteiger partial charge in [-0.3, -0.25) is 0 Å². The van der Waals surface area contributed by atoms with E-state index in [1.807, 2.05) is 12.1 Å². The van der Waals surface area contributed by atoms with Gasteiger partial charge in [0.05, 0.1) is 6.61 Å². The quantitative estimate of drug-likeness (QED) is 0.775. The Kier molecular flexibility index (Phi) is 7.51. The van der Waals surface area contributed by atoms with E-state index in [1.54, 1.807) is 7.11 Å². The van der Waals surface area contributed by atoms with Crippen LogP contribution in [0.2, 0.25) is 0 Å². The molecule has 0 aliphatic carbocycles. The Hall–Kier alpha value is -0.420. The van der Waals surface area contributed by atoms with Crippen LogP contribution < -0.4 is 5.32 Å². The second kappa shape index (κ2) is 8.64. The van der Waals surface area contributed by atoms with Gasteiger partial charge < -0.3 is 15.2 Å². The molecule has 0 aliphatic heterocycles. The van der Waals surface area contributed by atoms with Gasteiger partial charge in [-0.05, 0) is 30.5 Å². The number of methoxy groups -OCH3 is 1. The number of hydrogen-bond donors (Lipinski definition) is 2. The normalized spacial score (nSPS) is 14.4. The van der Waals surface area contributed by atoms with Crippen LogP contribution in [0.25, 0.3) is 0 Å². The molecule has 0 aliphatic rings. The summed E-state index contributed by atoms with van der Waals surface area (Å²) >= 11 is 3.49. The van der Waals surface area contributed by atoms with Crippen molar-refractivity contribution in [3.05, 3.63) is 34.3 Å². The summed E-state index contributed by atoms with van der Waals surface area (Å²) in [6, 6.07) is 8.79. The van der Waals surface area contributed by atoms with E-state index in [0.29, 0.717) is 13.0 Å². The van der Waals surface area contributed by atoms with Gasteiger partial charge in [0.15, 0.2) is 0 Å². The van der Waals surface area contributed by atoms with Gasteiger partial charge in [-0.25, -0.2) is 0 Å². The summed E-state index contributed by atoms with van der Waals surface area (Å²) in [5, 5.41) is 12.6. The molecule has 0 spiro atoms. The minimum atomic E-state index is 0.177. The molecule has 0 amide bonds. The number of ether oxygens (including phenoxy) is 1. The number of nitrogens with one attached hydrogen (secondary N) is 1. The Morgan fingerprint density at radius 3 is 2.78 bits per heavy atom. The van der Waals surface area contributed by atoms with Crippen molar-refractivity contribution in [3.63, 3.8) is 0 Å². The third-order valence-corrected chi connectivity index (χ3v) is 3.43. The van der Waals surface area contributed by atoms with Gasteiger partial charge in [-0.1, -0.05) is 35.0 Å². The van der Waals surface area contributed by atoms with Gasteiger partial charge in [0.2, 0.25) is 0 Å². The van der Waals surface area contributed by atoms with Crippen LogP contribution in [0.15, 0.2) is 28.7 Å². The molecule has 0 radical (unpaired) electrons. The molecule has 0 saturated heterocycles. The Balaban J connectivity index is 2.70. The van der Waals surface area contributed by atoms with Crippen LogP contribution in [0.5, 0.6) is 0 Å². The van der Waals surface area contributed by atoms with E-state index in [1.165, 1.54) is 5.56 Å². The van der Waals surface area contributed by atoms with Crippen molar-refractivity contribution >= 4 is 15.9 Å². The lowest BCUT2D eigenvalue weighted by Gasteiger charge is -2.24. The van der Waals surface area contributed by atoms with E-state index in [0.717, 1.165) is 10.9 Å². The molecule has 0 heterocycles. The molecule has 1 rings (SSSR count). The minimum absolute atomic E-state index is 0.177. The summed E-state index contributed by atoms with van der Waals surface area (Å²) in [6.07, 6.45) is 1.71. The van der Waals surface area contributed by atoms with E-state index in [-0.39, 0.29) is 18.7 Å². The molecule has 0 saturated carbocycles. The third-order valence-electron chi connectivity index (χ3n) is 2.94. The number of benzene rings is 1. The highest BCUT2D eigenvalue weighted by Crippen LogP contribution is 2.21. The van der Waals surface area contributed by atoms with Crippen LogP contribution in [-0.2, 0) is 4.74 Å². The predicted molar refractivity (Wildman–Crippen MR) is 77.7 cm³/mol. The Bertz CT molecular complexity index is 340. The fourth-order valence-electron chi connectivity index (χ4n) is 2.03. The van der Waals surface area contributed by atoms with Crippen LogP contribution in [0.4, 0.5) is 0 Å². The van der Waals surface area contributed by atoms with Crippen LogP contribution in [0.3, 0.4) is 0 Å². The summed E-state index contributed by atoms with van der Waals surface area (Å²) in [5.74, 6) is 0. The highest BCUT2D eigenvalue weighted by atomic mass is 79.9. The van der Waals surface area contributed by atoms with Crippen LogP contribution in [0, 0.1) is 0 Å². The van der Waals surface area contributed by atoms with Crippen molar-refractivity contribution in [2.75, 3.05) is 20.3 Å². The smallest absolute Gasteiger partial charge is 0.0616 e. The summed E-state index contributed by atoms with van der Waals surface area (Å²) < 4.78 is 6.27. The molecular weight excluding hydrogens is 294 g/mol. The number of halogens is 1. The van der Waals surface area contributed by atoms with Crippen molar-refractivity contribution in [3.8, 4) is 0 Å². The molecule has 2 atom stereocenters. The molecule has 4 heteroatoms. The molecule has 2 unspecified atom stereocenters. The minimum Gasteiger partial charge on any atom is -0.396 e. The first kappa shape index (κ1) is 15.6. The topological polar surface area (TPSA) is 41.5 Å². The molecule has 0 fully saturated rings. The largest absolute Gasteiger partial charge is 0.396 e. The number of aliphatic hydroxyl groups is 1. The lowest BCUT2D eigenvalue weighted by atomic mass is 10.0. The molecule has 1 aromatic rings. The highest BCUT2D eigenvalue weighted by molar-refractivity contribution is 9.10. The highest BCUT2D eigenvalue weighted by Gasteiger charge is 2.15. The summed E-state index contributed by atoms with van der Waals surface area (Å²) in [4.78, 5) is 0. The summed E-state index contributed by atoms with van der Waals surface area (Å²) in [5.41, 5.74) is 1.26. The molecule has 0 aromatic heterocycles. The second-order valence-corrected chi connectivity index (χ2v) is 5.26. The van der Waals surface area contributed by atoms with Gasteiger partial charge in [0.1, 0.15) is 0 Å². The average Bonchev–Trinajstić information content (AvgIpc) is 2.36. The van der Waals surface area contributed by atoms with Crippen molar-refractivity contribution < 1.29 is 9.84 Å². The average molecular weight is 316 g/mol. The lowest BCUT2D eigenvalue weighted by molar-refractivity contribution is 0.142. The zero-order chi connectivity index (χ0) is 13.4. The first-order chi connectivity index (χ1) is 8.71. The Morgan fingerprint density at radius 1 is 1.44 bits per heavy atom. The summed E-state index contributed by atoms with van der Waals surface area (Å²) in [7, 11) is 1.69. The van der Waals surface area contributed by atoms with Gasteiger partial charge in [0.25, 0.3) is 0 Å². The zero-order valence-electron chi connectivity index (χ0n) is 11.0. The maximum atomic E-state index is 9.06. The Morgan fingerprint density at radius 2 is 2.22 bits per heavy atom. The van der Waals surface area contributed by atoms with Crippen molar-refractivity contribution in [1.29, 1.82) is 0 Å². The molecule has 1 aromatic carbocycles. The van der Waals surface area contributed by atoms with E-state index in [2.05, 4.69) is 40.3 Å². The molecule has 3 nitrogen and oxygen atoms in total. The van der Waals surface area contributed by atoms with Gasteiger partial charge in [0, 0.05) is 30.3 Å². The first-order valence-electron chi connectivity index (χ1n) is 6.32. The third kappa shape index (κ3) is 5.06. The lowest BCUT2D eigenvalue weighted by Crippen LogP contribution is -2.36. The van der Waals surface area contributed by atoms with Crippen molar-refractivity contribution in [2.45, 2.75) is 31.8 Å². The van der Waals surface area contributed by atoms with Crippen molar-refractivity contribution in [1.82, 2.24) is 5.32 Å². The first-order valence-corrected chi connectivity index (χ1v) is 7.11. The second-order valence-electron chi connectivity index (χ2n) is 4.35. The maximum absolute atomic E-state index is 9.06. The fraction of sp³-hybridized carbons (Fsp3) is 0.571. The molecule has 18 heavy (non-hydrogen) atoms. The maximum Gasteiger partial charge on any atom is 0.0616 e. The number of hydrogen-bond acceptors (Lipinski definition) is 3. The standard InChI is InChI=1S/C14H22BrNO2/c1-3-14(11-5-4-6-12(15)9-11)16-13(7-8-17)10-18-2/h4-6,9,13-14,16-17H,3,7-8,10H2,1-2H3. The number of rotatable bonds is 8. The van der Waals surface area contributed by atoms with Gasteiger partial charge in [-0.2, -0.15) is 0 Å². The summed E-state index contributed by atoms with van der Waals surface area (Å²) in [6.45, 7) is 2.95. The fourth-order valence-corrected chi connectivity index (χ4v) is 2.45. The van der Waals surface area contributed by atoms with E-state index < -0.39 is 0 Å². The van der Waals surface area contributed by atoms with Crippen molar-refractivity contribution in [2.24, 2.45) is 0 Å². The molecule has 2 N–H and O–H groups in total. The Labute approximate surface area is 118 Å². The monoisotopic (exact) mass is 315 g/mol. The molecule has 0 bridgehead atoms. The van der Waals surface area contributed by atoms with Crippen LogP contribution in [-0.4, -0.2) is 31.5 Å². The van der Waals surface area contributed by atoms with Gasteiger partial charge >= 0.3 is 0 Å². The SMILES string of the molecule is CCC(NC(CCO)COC)c1cccc(Br)c1. The van der Waals surface area contributed by atoms with Gasteiger partial charge in [-0.15, -0.1) is 0 Å². The van der Waals surface area contributed by atoms with E-state index >= 15 is 0 Å². The van der Waals surface area contributed by atoms with Crippen LogP contribution >= 0.6 is 15.9 Å². The van der Waals surface area contributed by atoms with E-state index in [9.17, 15) is 0 Å². The molecular formula is C14H22BrNO2. The van der Waals surface area contributed by atoms with Crippen LogP contribution in [0.1, 0.15) is 31.4 Å². The predicted octanol–water partition coefficient (Wildman–Crippen LogP) is 2.89. The van der Waals surface area contributed by atoms with E-state index in [4.69, 9.17) is 9.84 Å².